The number of amides is 1. The van der Waals surface area contributed by atoms with Crippen molar-refractivity contribution in [2.75, 3.05) is 26.2 Å². The van der Waals surface area contributed by atoms with E-state index in [1.807, 2.05) is 11.0 Å². The molecule has 0 radical (unpaired) electrons. The lowest BCUT2D eigenvalue weighted by atomic mass is 9.48. The summed E-state index contributed by atoms with van der Waals surface area (Å²) in [6, 6.07) is 12.9. The van der Waals surface area contributed by atoms with Gasteiger partial charge in [-0.3, -0.25) is 9.69 Å². The molecule has 5 heteroatoms. The number of nitriles is 1. The van der Waals surface area contributed by atoms with Crippen LogP contribution in [0.3, 0.4) is 0 Å². The second kappa shape index (κ2) is 8.90. The summed E-state index contributed by atoms with van der Waals surface area (Å²) < 4.78 is 0. The number of benzene rings is 1. The lowest BCUT2D eigenvalue weighted by Gasteiger charge is -2.59. The van der Waals surface area contributed by atoms with Crippen molar-refractivity contribution in [3.63, 3.8) is 0 Å². The third-order valence-electron chi connectivity index (χ3n) is 8.74. The van der Waals surface area contributed by atoms with Gasteiger partial charge in [0, 0.05) is 45.0 Å². The summed E-state index contributed by atoms with van der Waals surface area (Å²) in [5, 5.41) is 13.2. The molecule has 1 unspecified atom stereocenters. The number of carbonyl (C=O) groups is 1. The number of carbonyl (C=O) groups excluding carboxylic acids is 1. The highest BCUT2D eigenvalue weighted by Crippen LogP contribution is 2.61. The first-order valence-electron chi connectivity index (χ1n) is 12.5. The fourth-order valence-corrected chi connectivity index (χ4v) is 7.36. The highest BCUT2D eigenvalue weighted by Gasteiger charge is 2.53. The summed E-state index contributed by atoms with van der Waals surface area (Å²) in [4.78, 5) is 17.2. The first kappa shape index (κ1) is 21.5. The number of nitrogens with zero attached hydrogens (tertiary/aromatic N) is 3. The van der Waals surface area contributed by atoms with Crippen LogP contribution in [0.15, 0.2) is 42.1 Å². The molecule has 1 aliphatic heterocycles. The zero-order chi connectivity index (χ0) is 22.1. The van der Waals surface area contributed by atoms with Gasteiger partial charge >= 0.3 is 0 Å². The van der Waals surface area contributed by atoms with E-state index < -0.39 is 0 Å². The van der Waals surface area contributed by atoms with E-state index in [1.165, 1.54) is 44.1 Å². The van der Waals surface area contributed by atoms with Crippen LogP contribution in [0.2, 0.25) is 0 Å². The first-order chi connectivity index (χ1) is 15.5. The highest BCUT2D eigenvalue weighted by molar-refractivity contribution is 5.97. The lowest BCUT2D eigenvalue weighted by Crippen LogP contribution is -2.54. The molecule has 0 aromatic heterocycles. The van der Waals surface area contributed by atoms with Crippen molar-refractivity contribution in [2.45, 2.75) is 58.0 Å². The van der Waals surface area contributed by atoms with Gasteiger partial charge in [0.15, 0.2) is 0 Å². The van der Waals surface area contributed by atoms with Gasteiger partial charge in [0.2, 0.25) is 0 Å². The molecule has 6 rings (SSSR count). The number of nitrogens with one attached hydrogen (secondary N) is 1. The van der Waals surface area contributed by atoms with Crippen molar-refractivity contribution < 1.29 is 4.79 Å². The zero-order valence-corrected chi connectivity index (χ0v) is 19.3. The first-order valence-corrected chi connectivity index (χ1v) is 12.5. The topological polar surface area (TPSA) is 59.4 Å². The summed E-state index contributed by atoms with van der Waals surface area (Å²) in [5.41, 5.74) is 1.91. The Morgan fingerprint density at radius 1 is 1.09 bits per heavy atom. The Labute approximate surface area is 192 Å². The SMILES string of the molecule is CC(N/C=C(/C#N)C(=O)N1CCN(Cc2ccccc2)CC1)C12CC3CC(CC(C3)C1)C2. The summed E-state index contributed by atoms with van der Waals surface area (Å²) >= 11 is 0. The molecule has 5 nitrogen and oxygen atoms in total. The Balaban J connectivity index is 1.16. The monoisotopic (exact) mass is 432 g/mol. The molecule has 1 aromatic carbocycles. The molecule has 170 valence electrons. The third-order valence-corrected chi connectivity index (χ3v) is 8.74. The lowest BCUT2D eigenvalue weighted by molar-refractivity contribution is -0.128. The van der Waals surface area contributed by atoms with Gasteiger partial charge in [-0.2, -0.15) is 5.26 Å². The van der Waals surface area contributed by atoms with Crippen molar-refractivity contribution in [3.05, 3.63) is 47.7 Å². The molecule has 5 fully saturated rings. The Kier molecular flexibility index (Phi) is 5.99. The van der Waals surface area contributed by atoms with Gasteiger partial charge in [-0.25, -0.2) is 0 Å². The highest BCUT2D eigenvalue weighted by atomic mass is 16.2. The number of rotatable bonds is 6. The van der Waals surface area contributed by atoms with E-state index in [-0.39, 0.29) is 11.5 Å². The van der Waals surface area contributed by atoms with E-state index in [9.17, 15) is 10.1 Å². The summed E-state index contributed by atoms with van der Waals surface area (Å²) in [6.07, 6.45) is 9.97. The van der Waals surface area contributed by atoms with E-state index in [4.69, 9.17) is 0 Å². The van der Waals surface area contributed by atoms with Crippen molar-refractivity contribution in [3.8, 4) is 6.07 Å². The zero-order valence-electron chi connectivity index (χ0n) is 19.3. The Morgan fingerprint density at radius 3 is 2.25 bits per heavy atom. The largest absolute Gasteiger partial charge is 0.387 e. The van der Waals surface area contributed by atoms with Crippen LogP contribution in [0.4, 0.5) is 0 Å². The van der Waals surface area contributed by atoms with Crippen LogP contribution in [0.5, 0.6) is 0 Å². The smallest absolute Gasteiger partial charge is 0.266 e. The van der Waals surface area contributed by atoms with Gasteiger partial charge in [0.1, 0.15) is 11.6 Å². The fourth-order valence-electron chi connectivity index (χ4n) is 7.36. The van der Waals surface area contributed by atoms with E-state index in [1.54, 1.807) is 6.20 Å². The van der Waals surface area contributed by atoms with Gasteiger partial charge in [-0.15, -0.1) is 0 Å². The molecule has 4 bridgehead atoms. The van der Waals surface area contributed by atoms with E-state index >= 15 is 0 Å². The molecule has 1 amide bonds. The van der Waals surface area contributed by atoms with Crippen LogP contribution in [0.1, 0.15) is 51.0 Å². The van der Waals surface area contributed by atoms with Crippen LogP contribution in [-0.4, -0.2) is 47.9 Å². The summed E-state index contributed by atoms with van der Waals surface area (Å²) in [6.45, 7) is 6.22. The molecule has 5 aliphatic rings. The van der Waals surface area contributed by atoms with Crippen LogP contribution >= 0.6 is 0 Å². The molecule has 4 saturated carbocycles. The number of piperazine rings is 1. The Morgan fingerprint density at radius 2 is 1.69 bits per heavy atom. The third kappa shape index (κ3) is 4.30. The minimum Gasteiger partial charge on any atom is -0.387 e. The Bertz CT molecular complexity index is 859. The molecule has 1 N–H and O–H groups in total. The average Bonchev–Trinajstić information content (AvgIpc) is 2.79. The second-order valence-electron chi connectivity index (χ2n) is 10.9. The molecule has 1 heterocycles. The van der Waals surface area contributed by atoms with Crippen LogP contribution in [0, 0.1) is 34.5 Å². The quantitative estimate of drug-likeness (QED) is 0.547. The van der Waals surface area contributed by atoms with E-state index in [2.05, 4.69) is 47.5 Å². The van der Waals surface area contributed by atoms with Gasteiger partial charge in [-0.1, -0.05) is 30.3 Å². The minimum absolute atomic E-state index is 0.128. The van der Waals surface area contributed by atoms with Gasteiger partial charge in [0.05, 0.1) is 0 Å². The normalized spacial score (nSPS) is 33.1. The maximum atomic E-state index is 13.0. The number of hydrogen-bond acceptors (Lipinski definition) is 4. The van der Waals surface area contributed by atoms with Crippen LogP contribution in [-0.2, 0) is 11.3 Å². The van der Waals surface area contributed by atoms with Crippen LogP contribution in [0.25, 0.3) is 0 Å². The van der Waals surface area contributed by atoms with Crippen LogP contribution < -0.4 is 5.32 Å². The molecular formula is C27H36N4O. The summed E-state index contributed by atoms with van der Waals surface area (Å²) in [7, 11) is 0. The maximum absolute atomic E-state index is 13.0. The van der Waals surface area contributed by atoms with Crippen molar-refractivity contribution in [1.82, 2.24) is 15.1 Å². The van der Waals surface area contributed by atoms with Gasteiger partial charge < -0.3 is 10.2 Å². The van der Waals surface area contributed by atoms with Crippen molar-refractivity contribution >= 4 is 5.91 Å². The summed E-state index contributed by atoms with van der Waals surface area (Å²) in [5.74, 6) is 2.58. The average molecular weight is 433 g/mol. The van der Waals surface area contributed by atoms with Crippen molar-refractivity contribution in [2.24, 2.45) is 23.2 Å². The van der Waals surface area contributed by atoms with Crippen molar-refractivity contribution in [1.29, 1.82) is 5.26 Å². The van der Waals surface area contributed by atoms with E-state index in [0.29, 0.717) is 24.5 Å². The fraction of sp³-hybridized carbons (Fsp3) is 0.630. The standard InChI is InChI=1S/C27H36N4O/c1-20(27-14-22-11-23(15-27)13-24(12-22)16-27)29-18-25(17-28)26(32)31-9-7-30(8-10-31)19-21-5-3-2-4-6-21/h2-6,18,20,22-24,29H,7-16,19H2,1H3/b25-18-. The minimum atomic E-state index is -0.128. The Hall–Kier alpha value is -2.32. The second-order valence-corrected chi connectivity index (χ2v) is 10.9. The van der Waals surface area contributed by atoms with Gasteiger partial charge in [-0.05, 0) is 74.2 Å². The molecule has 0 spiro atoms. The van der Waals surface area contributed by atoms with E-state index in [0.717, 1.165) is 37.4 Å². The van der Waals surface area contributed by atoms with Gasteiger partial charge in [0.25, 0.3) is 5.91 Å². The predicted molar refractivity (Wildman–Crippen MR) is 125 cm³/mol. The molecular weight excluding hydrogens is 396 g/mol. The molecule has 1 saturated heterocycles. The number of hydrogen-bond donors (Lipinski definition) is 1. The molecule has 1 aromatic rings. The predicted octanol–water partition coefficient (Wildman–Crippen LogP) is 3.93. The molecule has 1 atom stereocenters. The maximum Gasteiger partial charge on any atom is 0.266 e. The molecule has 4 aliphatic carbocycles. The molecule has 32 heavy (non-hydrogen) atoms.